The molecule has 0 N–H and O–H groups in total. The molecule has 1 aliphatic rings. The molecule has 0 unspecified atom stereocenters. The first kappa shape index (κ1) is 26.9. The van der Waals surface area contributed by atoms with Gasteiger partial charge in [0.2, 0.25) is 0 Å². The van der Waals surface area contributed by atoms with Crippen LogP contribution in [0, 0.1) is 13.5 Å². The predicted molar refractivity (Wildman–Crippen MR) is 108 cm³/mol. The second-order valence-electron chi connectivity index (χ2n) is 5.20. The van der Waals surface area contributed by atoms with Gasteiger partial charge in [-0.2, -0.15) is 6.08 Å². The molecule has 0 fully saturated rings. The van der Waals surface area contributed by atoms with Gasteiger partial charge in [-0.3, -0.25) is 6.08 Å². The van der Waals surface area contributed by atoms with Crippen molar-refractivity contribution < 1.29 is 31.9 Å². The minimum Gasteiger partial charge on any atom is -0.872 e. The van der Waals surface area contributed by atoms with Gasteiger partial charge in [-0.1, -0.05) is 71.8 Å². The Hall–Kier alpha value is -2.29. The zero-order chi connectivity index (χ0) is 18.3. The summed E-state index contributed by atoms with van der Waals surface area (Å²) in [5, 5.41) is 21.9. The fourth-order valence-electron chi connectivity index (χ4n) is 2.00. The second kappa shape index (κ2) is 17.1. The minimum atomic E-state index is 0. The largest absolute Gasteiger partial charge is 4.00 e. The van der Waals surface area contributed by atoms with Gasteiger partial charge in [0.1, 0.15) is 0 Å². The van der Waals surface area contributed by atoms with Crippen LogP contribution in [0.5, 0.6) is 11.5 Å². The zero-order valence-corrected chi connectivity index (χ0v) is 17.4. The molecule has 2 aromatic carbocycles. The maximum absolute atomic E-state index is 11.0. The molecule has 138 valence electrons. The molecule has 2 nitrogen and oxygen atoms in total. The van der Waals surface area contributed by atoms with Crippen molar-refractivity contribution >= 4 is 0 Å². The predicted octanol–water partition coefficient (Wildman–Crippen LogP) is 4.73. The van der Waals surface area contributed by atoms with Gasteiger partial charge in [0, 0.05) is 0 Å². The van der Waals surface area contributed by atoms with Gasteiger partial charge in [-0.15, -0.1) is 31.1 Å². The number of allylic oxidation sites excluding steroid dienone is 6. The van der Waals surface area contributed by atoms with E-state index in [0.29, 0.717) is 12.8 Å². The van der Waals surface area contributed by atoms with Crippen LogP contribution in [0.1, 0.15) is 17.5 Å². The normalized spacial score (nSPS) is 10.1. The van der Waals surface area contributed by atoms with E-state index in [4.69, 9.17) is 0 Å². The summed E-state index contributed by atoms with van der Waals surface area (Å²) >= 11 is 0. The summed E-state index contributed by atoms with van der Waals surface area (Å²) in [4.78, 5) is 0. The van der Waals surface area contributed by atoms with E-state index < -0.39 is 0 Å². The van der Waals surface area contributed by atoms with E-state index >= 15 is 0 Å². The van der Waals surface area contributed by atoms with Gasteiger partial charge < -0.3 is 17.6 Å². The van der Waals surface area contributed by atoms with Crippen LogP contribution < -0.4 is 10.2 Å². The van der Waals surface area contributed by atoms with Crippen LogP contribution >= 0.6 is 0 Å². The second-order valence-corrected chi connectivity index (χ2v) is 5.20. The first-order valence-corrected chi connectivity index (χ1v) is 8.12. The summed E-state index contributed by atoms with van der Waals surface area (Å²) < 4.78 is 0. The summed E-state index contributed by atoms with van der Waals surface area (Å²) in [6.07, 6.45) is 14.8. The number of rotatable bonds is 4. The monoisotopic (exact) mass is 394 g/mol. The van der Waals surface area contributed by atoms with Crippen LogP contribution in [0.3, 0.4) is 0 Å². The summed E-state index contributed by atoms with van der Waals surface area (Å²) in [6, 6.07) is 14.0. The molecule has 0 spiro atoms. The van der Waals surface area contributed by atoms with Crippen molar-refractivity contribution in [3.05, 3.63) is 117 Å². The Kier molecular flexibility index (Phi) is 17.1. The summed E-state index contributed by atoms with van der Waals surface area (Å²) in [7, 11) is 0. The molecular formula is C24H26O2Ti. The van der Waals surface area contributed by atoms with E-state index in [1.54, 1.807) is 36.4 Å². The average Bonchev–Trinajstić information content (AvgIpc) is 3.20. The van der Waals surface area contributed by atoms with Crippen LogP contribution in [0.4, 0.5) is 0 Å². The SMILES string of the molecule is C=CCc1ccccc1[O-].C=CCc1ccccc1[O-].[C-]1=CC=CC1.[CH3-].[Ti+4]. The van der Waals surface area contributed by atoms with E-state index in [0.717, 1.165) is 17.5 Å². The van der Waals surface area contributed by atoms with Gasteiger partial charge in [-0.05, 0) is 12.8 Å². The van der Waals surface area contributed by atoms with E-state index in [1.165, 1.54) is 0 Å². The number of benzene rings is 2. The third-order valence-corrected chi connectivity index (χ3v) is 3.26. The molecule has 27 heavy (non-hydrogen) atoms. The molecule has 2 aromatic rings. The maximum atomic E-state index is 11.0. The number of hydrogen-bond acceptors (Lipinski definition) is 2. The quantitative estimate of drug-likeness (QED) is 0.428. The third kappa shape index (κ3) is 11.9. The molecule has 0 saturated carbocycles. The van der Waals surface area contributed by atoms with Gasteiger partial charge in [0.15, 0.2) is 0 Å². The van der Waals surface area contributed by atoms with Crippen molar-refractivity contribution in [2.75, 3.05) is 0 Å². The Balaban J connectivity index is 0. The van der Waals surface area contributed by atoms with E-state index in [-0.39, 0.29) is 40.6 Å². The van der Waals surface area contributed by atoms with Crippen LogP contribution in [0.2, 0.25) is 0 Å². The topological polar surface area (TPSA) is 46.1 Å². The molecule has 0 bridgehead atoms. The molecule has 0 amide bonds. The van der Waals surface area contributed by atoms with Crippen molar-refractivity contribution in [3.8, 4) is 11.5 Å². The van der Waals surface area contributed by atoms with E-state index in [9.17, 15) is 10.2 Å². The third-order valence-electron chi connectivity index (χ3n) is 3.26. The molecule has 0 heterocycles. The fourth-order valence-corrected chi connectivity index (χ4v) is 2.00. The summed E-state index contributed by atoms with van der Waals surface area (Å²) in [6.45, 7) is 7.12. The van der Waals surface area contributed by atoms with Gasteiger partial charge in [0.05, 0.1) is 0 Å². The van der Waals surface area contributed by atoms with Crippen molar-refractivity contribution in [2.45, 2.75) is 19.3 Å². The Morgan fingerprint density at radius 1 is 0.852 bits per heavy atom. The first-order chi connectivity index (χ1) is 12.2. The minimum absolute atomic E-state index is 0. The Labute approximate surface area is 179 Å². The maximum Gasteiger partial charge on any atom is 4.00 e. The molecule has 3 heteroatoms. The van der Waals surface area contributed by atoms with Crippen LogP contribution in [0.25, 0.3) is 0 Å². The molecule has 0 atom stereocenters. The van der Waals surface area contributed by atoms with Gasteiger partial charge in [-0.25, -0.2) is 12.2 Å². The summed E-state index contributed by atoms with van der Waals surface area (Å²) in [5.74, 6) is 0.199. The van der Waals surface area contributed by atoms with Crippen molar-refractivity contribution in [2.24, 2.45) is 0 Å². The van der Waals surface area contributed by atoms with Crippen LogP contribution in [-0.2, 0) is 34.6 Å². The number of para-hydroxylation sites is 2. The van der Waals surface area contributed by atoms with Gasteiger partial charge in [0.25, 0.3) is 0 Å². The number of hydrogen-bond donors (Lipinski definition) is 0. The average molecular weight is 394 g/mol. The zero-order valence-electron chi connectivity index (χ0n) is 15.9. The molecule has 3 rings (SSSR count). The molecule has 0 radical (unpaired) electrons. The van der Waals surface area contributed by atoms with E-state index in [2.05, 4.69) is 25.3 Å². The van der Waals surface area contributed by atoms with Crippen molar-refractivity contribution in [1.29, 1.82) is 0 Å². The molecule has 1 aliphatic carbocycles. The van der Waals surface area contributed by atoms with Crippen molar-refractivity contribution in [1.82, 2.24) is 0 Å². The molecular weight excluding hydrogens is 368 g/mol. The Morgan fingerprint density at radius 3 is 1.56 bits per heavy atom. The first-order valence-electron chi connectivity index (χ1n) is 8.12. The van der Waals surface area contributed by atoms with Crippen LogP contribution in [0.15, 0.2) is 92.1 Å². The molecule has 0 aliphatic heterocycles. The van der Waals surface area contributed by atoms with Crippen molar-refractivity contribution in [3.63, 3.8) is 0 Å². The molecule has 0 aromatic heterocycles. The van der Waals surface area contributed by atoms with Crippen LogP contribution in [-0.4, -0.2) is 0 Å². The Bertz CT molecular complexity index is 656. The molecule has 0 saturated heterocycles. The van der Waals surface area contributed by atoms with E-state index in [1.807, 2.05) is 36.4 Å². The standard InChI is InChI=1S/2C9H10O.C5H5.CH3.Ti/c2*1-2-5-8-6-3-4-7-9(8)10;1-2-4-5-3-1;;/h2*2-4,6-7,10H,1,5H2;1-3H,4H2;1H3;/q;;2*-1;+4/p-2. The van der Waals surface area contributed by atoms with Gasteiger partial charge >= 0.3 is 21.7 Å². The summed E-state index contributed by atoms with van der Waals surface area (Å²) in [5.41, 5.74) is 1.63. The Morgan fingerprint density at radius 2 is 1.30 bits per heavy atom. The fraction of sp³-hybridized carbons (Fsp3) is 0.125. The smallest absolute Gasteiger partial charge is 0.872 e.